The fourth-order valence-electron chi connectivity index (χ4n) is 2.40. The molecule has 0 spiro atoms. The fraction of sp³-hybridized carbons (Fsp3) is 0.769. The molecule has 4 heteroatoms. The SMILES string of the molecule is CCNCC1CCN(Cc2cnc(C)s2)CC1. The maximum absolute atomic E-state index is 4.32. The highest BCUT2D eigenvalue weighted by molar-refractivity contribution is 7.11. The summed E-state index contributed by atoms with van der Waals surface area (Å²) in [5.74, 6) is 0.884. The molecule has 17 heavy (non-hydrogen) atoms. The lowest BCUT2D eigenvalue weighted by molar-refractivity contribution is 0.177. The third-order valence-corrected chi connectivity index (χ3v) is 4.34. The number of aryl methyl sites for hydroxylation is 1. The molecule has 1 aliphatic rings. The van der Waals surface area contributed by atoms with Crippen LogP contribution in [0.4, 0.5) is 0 Å². The molecule has 1 aromatic heterocycles. The van der Waals surface area contributed by atoms with E-state index in [1.807, 2.05) is 17.5 Å². The first-order valence-electron chi connectivity index (χ1n) is 6.62. The van der Waals surface area contributed by atoms with Gasteiger partial charge in [-0.25, -0.2) is 4.98 Å². The largest absolute Gasteiger partial charge is 0.317 e. The highest BCUT2D eigenvalue weighted by Crippen LogP contribution is 2.20. The molecule has 2 rings (SSSR count). The van der Waals surface area contributed by atoms with Crippen molar-refractivity contribution >= 4 is 11.3 Å². The second kappa shape index (κ2) is 6.47. The van der Waals surface area contributed by atoms with Gasteiger partial charge in [0.2, 0.25) is 0 Å². The number of likely N-dealkylation sites (tertiary alicyclic amines) is 1. The van der Waals surface area contributed by atoms with E-state index in [2.05, 4.69) is 29.0 Å². The molecule has 0 aromatic carbocycles. The van der Waals surface area contributed by atoms with E-state index in [-0.39, 0.29) is 0 Å². The topological polar surface area (TPSA) is 28.2 Å². The highest BCUT2D eigenvalue weighted by Gasteiger charge is 2.19. The molecule has 1 N–H and O–H groups in total. The van der Waals surface area contributed by atoms with Crippen molar-refractivity contribution < 1.29 is 0 Å². The zero-order chi connectivity index (χ0) is 12.1. The normalized spacial score (nSPS) is 18.7. The van der Waals surface area contributed by atoms with Crippen LogP contribution in [0, 0.1) is 12.8 Å². The lowest BCUT2D eigenvalue weighted by Gasteiger charge is -2.31. The highest BCUT2D eigenvalue weighted by atomic mass is 32.1. The first-order chi connectivity index (χ1) is 8.28. The van der Waals surface area contributed by atoms with E-state index in [9.17, 15) is 0 Å². The van der Waals surface area contributed by atoms with E-state index in [0.717, 1.165) is 19.0 Å². The number of hydrogen-bond donors (Lipinski definition) is 1. The molecule has 2 heterocycles. The summed E-state index contributed by atoms with van der Waals surface area (Å²) in [6.45, 7) is 10.1. The van der Waals surface area contributed by atoms with E-state index >= 15 is 0 Å². The Bertz CT molecular complexity index is 329. The van der Waals surface area contributed by atoms with Crippen molar-refractivity contribution in [3.8, 4) is 0 Å². The predicted octanol–water partition coefficient (Wildman–Crippen LogP) is 2.27. The molecular formula is C13H23N3S. The minimum absolute atomic E-state index is 0.884. The van der Waals surface area contributed by atoms with Crippen LogP contribution in [0.15, 0.2) is 6.20 Å². The van der Waals surface area contributed by atoms with Crippen molar-refractivity contribution in [2.45, 2.75) is 33.2 Å². The Labute approximate surface area is 108 Å². The van der Waals surface area contributed by atoms with Gasteiger partial charge in [-0.3, -0.25) is 4.90 Å². The summed E-state index contributed by atoms with van der Waals surface area (Å²) in [5.41, 5.74) is 0. The summed E-state index contributed by atoms with van der Waals surface area (Å²) in [4.78, 5) is 8.29. The maximum Gasteiger partial charge on any atom is 0.0897 e. The third-order valence-electron chi connectivity index (χ3n) is 3.44. The molecule has 96 valence electrons. The molecular weight excluding hydrogens is 230 g/mol. The minimum atomic E-state index is 0.884. The zero-order valence-corrected chi connectivity index (χ0v) is 11.7. The van der Waals surface area contributed by atoms with Crippen LogP contribution >= 0.6 is 11.3 Å². The van der Waals surface area contributed by atoms with Gasteiger partial charge in [0.25, 0.3) is 0 Å². The van der Waals surface area contributed by atoms with Crippen molar-refractivity contribution in [3.05, 3.63) is 16.1 Å². The van der Waals surface area contributed by atoms with E-state index in [0.29, 0.717) is 0 Å². The summed E-state index contributed by atoms with van der Waals surface area (Å²) < 4.78 is 0. The van der Waals surface area contributed by atoms with Crippen LogP contribution < -0.4 is 5.32 Å². The number of nitrogens with one attached hydrogen (secondary N) is 1. The minimum Gasteiger partial charge on any atom is -0.317 e. The number of hydrogen-bond acceptors (Lipinski definition) is 4. The van der Waals surface area contributed by atoms with E-state index < -0.39 is 0 Å². The van der Waals surface area contributed by atoms with Crippen molar-refractivity contribution in [1.29, 1.82) is 0 Å². The van der Waals surface area contributed by atoms with E-state index in [1.54, 1.807) is 0 Å². The Morgan fingerprint density at radius 1 is 1.47 bits per heavy atom. The van der Waals surface area contributed by atoms with Crippen molar-refractivity contribution in [2.24, 2.45) is 5.92 Å². The lowest BCUT2D eigenvalue weighted by atomic mass is 9.97. The Balaban J connectivity index is 1.72. The van der Waals surface area contributed by atoms with Gasteiger partial charge in [-0.15, -0.1) is 11.3 Å². The predicted molar refractivity (Wildman–Crippen MR) is 73.4 cm³/mol. The molecule has 0 unspecified atom stereocenters. The summed E-state index contributed by atoms with van der Waals surface area (Å²) >= 11 is 1.83. The number of piperidine rings is 1. The maximum atomic E-state index is 4.32. The number of aromatic nitrogens is 1. The summed E-state index contributed by atoms with van der Waals surface area (Å²) in [5, 5.41) is 4.64. The Hall–Kier alpha value is -0.450. The lowest BCUT2D eigenvalue weighted by Crippen LogP contribution is -2.36. The number of thiazole rings is 1. The molecule has 0 atom stereocenters. The zero-order valence-electron chi connectivity index (χ0n) is 10.9. The Kier molecular flexibility index (Phi) is 4.95. The van der Waals surface area contributed by atoms with E-state index in [4.69, 9.17) is 0 Å². The summed E-state index contributed by atoms with van der Waals surface area (Å²) in [6.07, 6.45) is 4.71. The van der Waals surface area contributed by atoms with Gasteiger partial charge in [0.15, 0.2) is 0 Å². The second-order valence-electron chi connectivity index (χ2n) is 4.87. The van der Waals surface area contributed by atoms with Gasteiger partial charge < -0.3 is 5.32 Å². The third kappa shape index (κ3) is 4.05. The number of rotatable bonds is 5. The Morgan fingerprint density at radius 2 is 2.24 bits per heavy atom. The van der Waals surface area contributed by atoms with Gasteiger partial charge in [-0.2, -0.15) is 0 Å². The fourth-order valence-corrected chi connectivity index (χ4v) is 3.23. The summed E-state index contributed by atoms with van der Waals surface area (Å²) in [6, 6.07) is 0. The van der Waals surface area contributed by atoms with Crippen LogP contribution in [0.2, 0.25) is 0 Å². The van der Waals surface area contributed by atoms with Crippen LogP contribution in [0.1, 0.15) is 29.7 Å². The molecule has 1 aromatic rings. The molecule has 0 aliphatic carbocycles. The van der Waals surface area contributed by atoms with Crippen LogP contribution in [0.25, 0.3) is 0 Å². The van der Waals surface area contributed by atoms with Crippen molar-refractivity contribution in [1.82, 2.24) is 15.2 Å². The van der Waals surface area contributed by atoms with Gasteiger partial charge >= 0.3 is 0 Å². The van der Waals surface area contributed by atoms with Crippen molar-refractivity contribution in [3.63, 3.8) is 0 Å². The Morgan fingerprint density at radius 3 is 2.82 bits per heavy atom. The number of nitrogens with zero attached hydrogens (tertiary/aromatic N) is 2. The quantitative estimate of drug-likeness (QED) is 0.872. The monoisotopic (exact) mass is 253 g/mol. The van der Waals surface area contributed by atoms with Crippen LogP contribution in [-0.2, 0) is 6.54 Å². The van der Waals surface area contributed by atoms with Gasteiger partial charge in [0, 0.05) is 17.6 Å². The van der Waals surface area contributed by atoms with Gasteiger partial charge in [-0.1, -0.05) is 6.92 Å². The molecule has 0 bridgehead atoms. The van der Waals surface area contributed by atoms with Crippen molar-refractivity contribution in [2.75, 3.05) is 26.2 Å². The van der Waals surface area contributed by atoms with Gasteiger partial charge in [0.05, 0.1) is 5.01 Å². The molecule has 0 saturated carbocycles. The van der Waals surface area contributed by atoms with Crippen LogP contribution in [-0.4, -0.2) is 36.1 Å². The average Bonchev–Trinajstić information content (AvgIpc) is 2.74. The standard InChI is InChI=1S/C13H23N3S/c1-3-14-8-12-4-6-16(7-5-12)10-13-9-15-11(2)17-13/h9,12,14H,3-8,10H2,1-2H3. The molecule has 1 aliphatic heterocycles. The molecule has 0 radical (unpaired) electrons. The molecule has 1 fully saturated rings. The smallest absolute Gasteiger partial charge is 0.0897 e. The van der Waals surface area contributed by atoms with Crippen LogP contribution in [0.5, 0.6) is 0 Å². The first-order valence-corrected chi connectivity index (χ1v) is 7.44. The molecule has 0 amide bonds. The van der Waals surface area contributed by atoms with Gasteiger partial charge in [-0.05, 0) is 51.9 Å². The van der Waals surface area contributed by atoms with Gasteiger partial charge in [0.1, 0.15) is 0 Å². The summed E-state index contributed by atoms with van der Waals surface area (Å²) in [7, 11) is 0. The van der Waals surface area contributed by atoms with Crippen LogP contribution in [0.3, 0.4) is 0 Å². The molecule has 1 saturated heterocycles. The second-order valence-corrected chi connectivity index (χ2v) is 6.19. The molecule has 3 nitrogen and oxygen atoms in total. The average molecular weight is 253 g/mol. The van der Waals surface area contributed by atoms with E-state index in [1.165, 1.54) is 42.4 Å². The first kappa shape index (κ1) is 13.0.